The molecule has 7 nitrogen and oxygen atoms in total. The van der Waals surface area contributed by atoms with Crippen molar-refractivity contribution in [3.05, 3.63) is 36.5 Å². The molecule has 4 N–H and O–H groups in total. The Hall–Kier alpha value is -2.41. The topological polar surface area (TPSA) is 119 Å². The third-order valence-corrected chi connectivity index (χ3v) is 10.2. The Morgan fingerprint density at radius 1 is 0.556 bits per heavy atom. The zero-order valence-electron chi connectivity index (χ0n) is 35.3. The molecule has 0 heterocycles. The predicted octanol–water partition coefficient (Wildman–Crippen LogP) is 13.0. The number of allylic oxidation sites excluding steroid dienone is 6. The van der Waals surface area contributed by atoms with Crippen molar-refractivity contribution in [2.24, 2.45) is 5.73 Å². The summed E-state index contributed by atoms with van der Waals surface area (Å²) in [6.07, 6.45) is 49.0. The number of esters is 1. The largest absolute Gasteiger partial charge is 0.480 e. The smallest absolute Gasteiger partial charge is 0.326 e. The van der Waals surface area contributed by atoms with Crippen LogP contribution in [0.5, 0.6) is 0 Å². The molecule has 0 aliphatic heterocycles. The van der Waals surface area contributed by atoms with Crippen LogP contribution >= 0.6 is 0 Å². The van der Waals surface area contributed by atoms with Gasteiger partial charge in [-0.2, -0.15) is 0 Å². The molecule has 0 aromatic heterocycles. The third-order valence-electron chi connectivity index (χ3n) is 10.2. The van der Waals surface area contributed by atoms with E-state index in [-0.39, 0.29) is 18.0 Å². The Balaban J connectivity index is 4.34. The van der Waals surface area contributed by atoms with Gasteiger partial charge in [0.05, 0.1) is 0 Å². The van der Waals surface area contributed by atoms with Crippen molar-refractivity contribution >= 4 is 17.8 Å². The molecule has 0 aromatic carbocycles. The van der Waals surface area contributed by atoms with E-state index >= 15 is 0 Å². The standard InChI is InChI=1S/C47H86N2O5/c1-3-5-7-9-11-13-15-17-18-20-22-24-26-31-35-41-46(51)54-43(37-32-28-25-23-21-19-16-14-12-10-8-6-4-2)38-33-29-27-30-34-40-45(50)49-44(47(52)53)39-36-42-48/h5,7,11,13,17-18,43-44H,3-4,6,8-10,12,14-16,19-42,48H2,1-2H3,(H,49,50)(H,52,53)/b7-5-,13-11-,18-17-. The molecule has 0 spiro atoms. The average molecular weight is 759 g/mol. The van der Waals surface area contributed by atoms with Crippen molar-refractivity contribution in [2.75, 3.05) is 6.54 Å². The highest BCUT2D eigenvalue weighted by Gasteiger charge is 2.19. The summed E-state index contributed by atoms with van der Waals surface area (Å²) in [4.78, 5) is 36.4. The van der Waals surface area contributed by atoms with Gasteiger partial charge >= 0.3 is 11.9 Å². The first-order valence-electron chi connectivity index (χ1n) is 22.8. The lowest BCUT2D eigenvalue weighted by Crippen LogP contribution is -2.40. The van der Waals surface area contributed by atoms with Gasteiger partial charge in [-0.3, -0.25) is 9.59 Å². The molecule has 0 aromatic rings. The van der Waals surface area contributed by atoms with Gasteiger partial charge in [0.2, 0.25) is 5.91 Å². The van der Waals surface area contributed by atoms with Crippen molar-refractivity contribution in [2.45, 2.75) is 238 Å². The number of amides is 1. The number of ether oxygens (including phenoxy) is 1. The normalized spacial score (nSPS) is 12.9. The van der Waals surface area contributed by atoms with E-state index in [0.717, 1.165) is 89.9 Å². The van der Waals surface area contributed by atoms with Crippen LogP contribution in [-0.2, 0) is 19.1 Å². The minimum atomic E-state index is -1.00. The third kappa shape index (κ3) is 37.9. The van der Waals surface area contributed by atoms with Crippen molar-refractivity contribution in [1.29, 1.82) is 0 Å². The van der Waals surface area contributed by atoms with E-state index in [4.69, 9.17) is 10.5 Å². The maximum atomic E-state index is 12.8. The number of carbonyl (C=O) groups is 3. The SMILES string of the molecule is CC/C=C\C/C=C\C/C=C\CCCCCCCC(=O)OC(CCCCCCCCCCCCCCC)CCCCCCCC(=O)NC(CCCN)C(=O)O. The summed E-state index contributed by atoms with van der Waals surface area (Å²) in [6, 6.07) is -0.857. The summed E-state index contributed by atoms with van der Waals surface area (Å²) >= 11 is 0. The van der Waals surface area contributed by atoms with Gasteiger partial charge in [-0.15, -0.1) is 0 Å². The lowest BCUT2D eigenvalue weighted by Gasteiger charge is -2.18. The van der Waals surface area contributed by atoms with E-state index in [0.29, 0.717) is 32.2 Å². The van der Waals surface area contributed by atoms with Crippen LogP contribution in [0.25, 0.3) is 0 Å². The molecular formula is C47H86N2O5. The molecule has 2 unspecified atom stereocenters. The van der Waals surface area contributed by atoms with Gasteiger partial charge in [-0.05, 0) is 90.0 Å². The molecule has 7 heteroatoms. The number of unbranched alkanes of at least 4 members (excludes halogenated alkanes) is 21. The second kappa shape index (κ2) is 41.7. The first-order chi connectivity index (χ1) is 26.4. The predicted molar refractivity (Wildman–Crippen MR) is 230 cm³/mol. The van der Waals surface area contributed by atoms with Crippen LogP contribution in [0.2, 0.25) is 0 Å². The second-order valence-electron chi connectivity index (χ2n) is 15.4. The average Bonchev–Trinajstić information content (AvgIpc) is 3.16. The van der Waals surface area contributed by atoms with Crippen LogP contribution in [0.15, 0.2) is 36.5 Å². The quantitative estimate of drug-likeness (QED) is 0.0324. The van der Waals surface area contributed by atoms with E-state index < -0.39 is 12.0 Å². The highest BCUT2D eigenvalue weighted by atomic mass is 16.5. The minimum Gasteiger partial charge on any atom is -0.480 e. The van der Waals surface area contributed by atoms with Crippen molar-refractivity contribution < 1.29 is 24.2 Å². The fourth-order valence-corrected chi connectivity index (χ4v) is 6.82. The summed E-state index contributed by atoms with van der Waals surface area (Å²) in [6.45, 7) is 4.84. The van der Waals surface area contributed by atoms with Gasteiger partial charge in [0.1, 0.15) is 12.1 Å². The Kier molecular flexibility index (Phi) is 39.9. The molecule has 2 atom stereocenters. The monoisotopic (exact) mass is 759 g/mol. The van der Waals surface area contributed by atoms with Gasteiger partial charge < -0.3 is 20.9 Å². The molecule has 54 heavy (non-hydrogen) atoms. The fourth-order valence-electron chi connectivity index (χ4n) is 6.82. The van der Waals surface area contributed by atoms with Crippen LogP contribution in [0.3, 0.4) is 0 Å². The molecule has 0 aliphatic carbocycles. The van der Waals surface area contributed by atoms with Crippen LogP contribution < -0.4 is 11.1 Å². The number of aliphatic carboxylic acids is 1. The van der Waals surface area contributed by atoms with E-state index in [2.05, 4.69) is 55.6 Å². The number of hydrogen-bond donors (Lipinski definition) is 3. The maximum Gasteiger partial charge on any atom is 0.326 e. The molecule has 1 amide bonds. The lowest BCUT2D eigenvalue weighted by molar-refractivity contribution is -0.150. The van der Waals surface area contributed by atoms with Crippen molar-refractivity contribution in [1.82, 2.24) is 5.32 Å². The Morgan fingerprint density at radius 2 is 1.02 bits per heavy atom. The number of carboxylic acid groups (broad SMARTS) is 1. The van der Waals surface area contributed by atoms with Crippen LogP contribution in [-0.4, -0.2) is 41.6 Å². The molecule has 0 radical (unpaired) electrons. The molecule has 0 aliphatic rings. The number of nitrogens with one attached hydrogen (secondary N) is 1. The fraction of sp³-hybridized carbons (Fsp3) is 0.809. The summed E-state index contributed by atoms with van der Waals surface area (Å²) < 4.78 is 6.05. The van der Waals surface area contributed by atoms with Crippen molar-refractivity contribution in [3.63, 3.8) is 0 Å². The summed E-state index contributed by atoms with van der Waals surface area (Å²) in [5.41, 5.74) is 5.49. The van der Waals surface area contributed by atoms with Gasteiger partial charge in [0.25, 0.3) is 0 Å². The van der Waals surface area contributed by atoms with Gasteiger partial charge in [0.15, 0.2) is 0 Å². The van der Waals surface area contributed by atoms with Crippen LogP contribution in [0, 0.1) is 0 Å². The van der Waals surface area contributed by atoms with Gasteiger partial charge in [-0.1, -0.05) is 166 Å². The molecule has 0 saturated heterocycles. The Bertz CT molecular complexity index is 946. The van der Waals surface area contributed by atoms with E-state index in [9.17, 15) is 19.5 Å². The summed E-state index contributed by atoms with van der Waals surface area (Å²) in [7, 11) is 0. The van der Waals surface area contributed by atoms with E-state index in [1.54, 1.807) is 0 Å². The van der Waals surface area contributed by atoms with Crippen molar-refractivity contribution in [3.8, 4) is 0 Å². The molecule has 314 valence electrons. The Morgan fingerprint density at radius 3 is 1.54 bits per heavy atom. The lowest BCUT2D eigenvalue weighted by atomic mass is 10.0. The maximum absolute atomic E-state index is 12.8. The molecular weight excluding hydrogens is 673 g/mol. The molecule has 0 saturated carbocycles. The van der Waals surface area contributed by atoms with E-state index in [1.165, 1.54) is 96.3 Å². The van der Waals surface area contributed by atoms with Crippen LogP contribution in [0.1, 0.15) is 226 Å². The zero-order chi connectivity index (χ0) is 39.6. The van der Waals surface area contributed by atoms with Crippen LogP contribution in [0.4, 0.5) is 0 Å². The Labute approximate surface area is 333 Å². The first-order valence-corrected chi connectivity index (χ1v) is 22.8. The van der Waals surface area contributed by atoms with Gasteiger partial charge in [0, 0.05) is 12.8 Å². The number of hydrogen-bond acceptors (Lipinski definition) is 5. The number of nitrogens with two attached hydrogens (primary N) is 1. The molecule has 0 fully saturated rings. The minimum absolute atomic E-state index is 0.00639. The van der Waals surface area contributed by atoms with E-state index in [1.807, 2.05) is 0 Å². The number of rotatable bonds is 41. The summed E-state index contributed by atoms with van der Waals surface area (Å²) in [5.74, 6) is -1.24. The molecule has 0 bridgehead atoms. The highest BCUT2D eigenvalue weighted by molar-refractivity contribution is 5.83. The number of carbonyl (C=O) groups excluding carboxylic acids is 2. The second-order valence-corrected chi connectivity index (χ2v) is 15.4. The molecule has 0 rings (SSSR count). The first kappa shape index (κ1) is 51.6. The van der Waals surface area contributed by atoms with Gasteiger partial charge in [-0.25, -0.2) is 4.79 Å². The summed E-state index contributed by atoms with van der Waals surface area (Å²) in [5, 5.41) is 11.9. The number of carboxylic acids is 1. The highest BCUT2D eigenvalue weighted by Crippen LogP contribution is 2.19. The zero-order valence-corrected chi connectivity index (χ0v) is 35.3.